The van der Waals surface area contributed by atoms with Gasteiger partial charge < -0.3 is 20.1 Å². The molecule has 1 aliphatic rings. The minimum absolute atomic E-state index is 0.0238. The molecule has 1 unspecified atom stereocenters. The first-order valence-corrected chi connectivity index (χ1v) is 7.08. The second-order valence-electron chi connectivity index (χ2n) is 5.27. The summed E-state index contributed by atoms with van der Waals surface area (Å²) in [4.78, 5) is 15.1. The summed E-state index contributed by atoms with van der Waals surface area (Å²) in [6.45, 7) is 5.89. The molecule has 1 saturated heterocycles. The maximum Gasteiger partial charge on any atom is 0.323 e. The van der Waals surface area contributed by atoms with Crippen LogP contribution in [0.3, 0.4) is 0 Å². The largest absolute Gasteiger partial charge is 0.461 e. The molecular formula is C13H23N5O2. The third kappa shape index (κ3) is 3.69. The topological polar surface area (TPSA) is 83.4 Å². The maximum absolute atomic E-state index is 9.02. The van der Waals surface area contributed by atoms with Gasteiger partial charge in [0.25, 0.3) is 0 Å². The highest BCUT2D eigenvalue weighted by atomic mass is 16.5. The van der Waals surface area contributed by atoms with E-state index in [9.17, 15) is 0 Å². The smallest absolute Gasteiger partial charge is 0.323 e. The van der Waals surface area contributed by atoms with E-state index in [2.05, 4.69) is 25.2 Å². The van der Waals surface area contributed by atoms with Gasteiger partial charge in [-0.25, -0.2) is 0 Å². The molecule has 0 saturated carbocycles. The lowest BCUT2D eigenvalue weighted by Gasteiger charge is -2.18. The van der Waals surface area contributed by atoms with Gasteiger partial charge in [-0.15, -0.1) is 0 Å². The summed E-state index contributed by atoms with van der Waals surface area (Å²) in [5.41, 5.74) is 0. The minimum atomic E-state index is 0.0238. The van der Waals surface area contributed by atoms with Gasteiger partial charge in [0, 0.05) is 26.7 Å². The minimum Gasteiger partial charge on any atom is -0.461 e. The first kappa shape index (κ1) is 14.8. The molecule has 0 bridgehead atoms. The Morgan fingerprint density at radius 3 is 2.85 bits per heavy atom. The van der Waals surface area contributed by atoms with Crippen LogP contribution in [0.4, 0.5) is 11.9 Å². The number of anilines is 2. The molecular weight excluding hydrogens is 258 g/mol. The molecule has 0 aromatic carbocycles. The average Bonchev–Trinajstić information content (AvgIpc) is 2.86. The fourth-order valence-corrected chi connectivity index (χ4v) is 2.30. The van der Waals surface area contributed by atoms with Crippen LogP contribution in [-0.2, 0) is 0 Å². The zero-order valence-electron chi connectivity index (χ0n) is 12.3. The van der Waals surface area contributed by atoms with Gasteiger partial charge in [-0.2, -0.15) is 15.0 Å². The van der Waals surface area contributed by atoms with Crippen LogP contribution in [0.5, 0.6) is 6.01 Å². The van der Waals surface area contributed by atoms with Gasteiger partial charge in [0.1, 0.15) is 0 Å². The predicted molar refractivity (Wildman–Crippen MR) is 77.2 cm³/mol. The number of nitrogens with zero attached hydrogens (tertiary/aromatic N) is 4. The molecule has 7 nitrogen and oxygen atoms in total. The standard InChI is InChI=1S/C13H23N5O2/c1-9(2)20-13-16-11(14-3)15-12(17-13)18-6-4-10(8-18)5-7-19/h9-10,19H,4-8H2,1-3H3,(H,14,15,16,17). The number of aliphatic hydroxyl groups excluding tert-OH is 1. The number of hydrogen-bond acceptors (Lipinski definition) is 7. The van der Waals surface area contributed by atoms with Gasteiger partial charge in [-0.3, -0.25) is 0 Å². The van der Waals surface area contributed by atoms with E-state index in [1.165, 1.54) is 0 Å². The second kappa shape index (κ2) is 6.69. The lowest BCUT2D eigenvalue weighted by Crippen LogP contribution is -2.23. The van der Waals surface area contributed by atoms with Crippen molar-refractivity contribution in [1.82, 2.24) is 15.0 Å². The molecule has 1 aromatic heterocycles. The zero-order chi connectivity index (χ0) is 14.5. The summed E-state index contributed by atoms with van der Waals surface area (Å²) in [6, 6.07) is 0.347. The van der Waals surface area contributed by atoms with E-state index in [0.717, 1.165) is 25.9 Å². The Morgan fingerprint density at radius 1 is 1.40 bits per heavy atom. The molecule has 1 aliphatic heterocycles. The Bertz CT molecular complexity index is 441. The number of aromatic nitrogens is 3. The summed E-state index contributed by atoms with van der Waals surface area (Å²) >= 11 is 0. The van der Waals surface area contributed by atoms with Gasteiger partial charge in [-0.05, 0) is 32.6 Å². The Balaban J connectivity index is 2.14. The van der Waals surface area contributed by atoms with Crippen LogP contribution >= 0.6 is 0 Å². The summed E-state index contributed by atoms with van der Waals surface area (Å²) in [7, 11) is 1.77. The van der Waals surface area contributed by atoms with Crippen LogP contribution in [0.2, 0.25) is 0 Å². The van der Waals surface area contributed by atoms with Crippen molar-refractivity contribution in [3.05, 3.63) is 0 Å². The van der Waals surface area contributed by atoms with Crippen molar-refractivity contribution in [2.24, 2.45) is 5.92 Å². The normalized spacial score (nSPS) is 18.6. The van der Waals surface area contributed by atoms with Crippen LogP contribution in [-0.4, -0.2) is 52.9 Å². The molecule has 20 heavy (non-hydrogen) atoms. The lowest BCUT2D eigenvalue weighted by atomic mass is 10.1. The zero-order valence-corrected chi connectivity index (χ0v) is 12.3. The molecule has 1 fully saturated rings. The molecule has 112 valence electrons. The third-order valence-electron chi connectivity index (χ3n) is 3.27. The van der Waals surface area contributed by atoms with Crippen LogP contribution in [0.15, 0.2) is 0 Å². The lowest BCUT2D eigenvalue weighted by molar-refractivity contribution is 0.222. The SMILES string of the molecule is CNc1nc(OC(C)C)nc(N2CCC(CCO)C2)n1. The molecule has 2 rings (SSSR count). The number of aliphatic hydroxyl groups is 1. The molecule has 0 radical (unpaired) electrons. The van der Waals surface area contributed by atoms with Crippen molar-refractivity contribution in [2.45, 2.75) is 32.8 Å². The molecule has 2 heterocycles. The molecule has 1 atom stereocenters. The van der Waals surface area contributed by atoms with Crippen molar-refractivity contribution in [3.8, 4) is 6.01 Å². The van der Waals surface area contributed by atoms with Crippen LogP contribution in [0.1, 0.15) is 26.7 Å². The molecule has 0 spiro atoms. The van der Waals surface area contributed by atoms with Gasteiger partial charge in [0.05, 0.1) is 6.10 Å². The van der Waals surface area contributed by atoms with E-state index in [1.54, 1.807) is 7.05 Å². The second-order valence-corrected chi connectivity index (χ2v) is 5.27. The summed E-state index contributed by atoms with van der Waals surface area (Å²) < 4.78 is 5.56. The highest BCUT2D eigenvalue weighted by Crippen LogP contribution is 2.24. The van der Waals surface area contributed by atoms with Crippen molar-refractivity contribution in [2.75, 3.05) is 37.0 Å². The van der Waals surface area contributed by atoms with Gasteiger partial charge in [-0.1, -0.05) is 0 Å². The highest BCUT2D eigenvalue weighted by molar-refractivity contribution is 5.39. The van der Waals surface area contributed by atoms with E-state index in [-0.39, 0.29) is 12.7 Å². The number of nitrogens with one attached hydrogen (secondary N) is 1. The Morgan fingerprint density at radius 2 is 2.20 bits per heavy atom. The number of ether oxygens (including phenoxy) is 1. The summed E-state index contributed by atoms with van der Waals surface area (Å²) in [5, 5.41) is 12.0. The first-order valence-electron chi connectivity index (χ1n) is 7.08. The first-order chi connectivity index (χ1) is 9.62. The van der Waals surface area contributed by atoms with Gasteiger partial charge in [0.2, 0.25) is 11.9 Å². The Kier molecular flexibility index (Phi) is 4.94. The summed E-state index contributed by atoms with van der Waals surface area (Å²) in [6.07, 6.45) is 1.91. The van der Waals surface area contributed by atoms with E-state index in [0.29, 0.717) is 23.8 Å². The van der Waals surface area contributed by atoms with Crippen LogP contribution in [0, 0.1) is 5.92 Å². The maximum atomic E-state index is 9.02. The van der Waals surface area contributed by atoms with Crippen LogP contribution in [0.25, 0.3) is 0 Å². The van der Waals surface area contributed by atoms with E-state index >= 15 is 0 Å². The number of hydrogen-bond donors (Lipinski definition) is 2. The quantitative estimate of drug-likeness (QED) is 0.801. The molecule has 0 aliphatic carbocycles. The van der Waals surface area contributed by atoms with Crippen molar-refractivity contribution >= 4 is 11.9 Å². The van der Waals surface area contributed by atoms with Gasteiger partial charge >= 0.3 is 6.01 Å². The Hall–Kier alpha value is -1.63. The average molecular weight is 281 g/mol. The van der Waals surface area contributed by atoms with Crippen molar-refractivity contribution < 1.29 is 9.84 Å². The Labute approximate surface area is 119 Å². The molecule has 1 aromatic rings. The van der Waals surface area contributed by atoms with Crippen molar-refractivity contribution in [1.29, 1.82) is 0 Å². The summed E-state index contributed by atoms with van der Waals surface area (Å²) in [5.74, 6) is 1.65. The molecule has 7 heteroatoms. The van der Waals surface area contributed by atoms with E-state index < -0.39 is 0 Å². The highest BCUT2D eigenvalue weighted by Gasteiger charge is 2.25. The van der Waals surface area contributed by atoms with E-state index in [1.807, 2.05) is 13.8 Å². The van der Waals surface area contributed by atoms with Crippen LogP contribution < -0.4 is 15.0 Å². The van der Waals surface area contributed by atoms with Gasteiger partial charge in [0.15, 0.2) is 0 Å². The molecule has 0 amide bonds. The van der Waals surface area contributed by atoms with Crippen molar-refractivity contribution in [3.63, 3.8) is 0 Å². The molecule has 2 N–H and O–H groups in total. The predicted octanol–water partition coefficient (Wildman–Crippen LogP) is 0.909. The monoisotopic (exact) mass is 281 g/mol. The van der Waals surface area contributed by atoms with E-state index in [4.69, 9.17) is 9.84 Å². The number of rotatable bonds is 6. The fourth-order valence-electron chi connectivity index (χ4n) is 2.30. The fraction of sp³-hybridized carbons (Fsp3) is 0.769. The third-order valence-corrected chi connectivity index (χ3v) is 3.27.